The minimum absolute atomic E-state index is 0.0944. The molecule has 1 heterocycles. The Bertz CT molecular complexity index is 799. The van der Waals surface area contributed by atoms with Crippen molar-refractivity contribution >= 4 is 21.4 Å². The second-order valence-corrected chi connectivity index (χ2v) is 5.54. The molecule has 0 fully saturated rings. The zero-order valence-electron chi connectivity index (χ0n) is 10.0. The molecule has 0 aliphatic rings. The summed E-state index contributed by atoms with van der Waals surface area (Å²) in [5.41, 5.74) is 6.15. The van der Waals surface area contributed by atoms with Gasteiger partial charge in [0, 0.05) is 6.20 Å². The number of hydrogen-bond acceptors (Lipinski definition) is 5. The van der Waals surface area contributed by atoms with Gasteiger partial charge in [-0.05, 0) is 24.3 Å². The second kappa shape index (κ2) is 5.14. The van der Waals surface area contributed by atoms with E-state index < -0.39 is 15.8 Å². The van der Waals surface area contributed by atoms with Crippen LogP contribution in [0.2, 0.25) is 0 Å². The lowest BCUT2D eigenvalue weighted by atomic mass is 10.2. The topological polar surface area (TPSA) is 109 Å². The first-order valence-corrected chi connectivity index (χ1v) is 6.84. The van der Waals surface area contributed by atoms with Crippen LogP contribution in [0, 0.1) is 17.1 Å². The van der Waals surface area contributed by atoms with Crippen LogP contribution in [0.25, 0.3) is 0 Å². The summed E-state index contributed by atoms with van der Waals surface area (Å²) in [5, 5.41) is 8.70. The lowest BCUT2D eigenvalue weighted by molar-refractivity contribution is 0.592. The molecule has 0 radical (unpaired) electrons. The molecule has 6 nitrogen and oxygen atoms in total. The number of halogens is 1. The Morgan fingerprint density at radius 1 is 1.30 bits per heavy atom. The maximum absolute atomic E-state index is 13.0. The summed E-state index contributed by atoms with van der Waals surface area (Å²) in [7, 11) is -3.99. The van der Waals surface area contributed by atoms with Gasteiger partial charge in [0.15, 0.2) is 0 Å². The maximum Gasteiger partial charge on any atom is 0.263 e. The van der Waals surface area contributed by atoms with E-state index >= 15 is 0 Å². The fourth-order valence-corrected chi connectivity index (χ4v) is 2.53. The van der Waals surface area contributed by atoms with Gasteiger partial charge >= 0.3 is 0 Å². The molecule has 1 aromatic carbocycles. The number of nitrogen functional groups attached to an aromatic ring is 1. The highest BCUT2D eigenvalue weighted by Crippen LogP contribution is 2.23. The van der Waals surface area contributed by atoms with E-state index in [1.807, 2.05) is 6.07 Å². The quantitative estimate of drug-likeness (QED) is 0.833. The number of nitriles is 1. The van der Waals surface area contributed by atoms with Crippen LogP contribution in [0.15, 0.2) is 41.6 Å². The number of benzene rings is 1. The van der Waals surface area contributed by atoms with Gasteiger partial charge in [-0.25, -0.2) is 12.8 Å². The van der Waals surface area contributed by atoms with E-state index in [9.17, 15) is 12.8 Å². The first-order chi connectivity index (χ1) is 9.42. The number of rotatable bonds is 3. The molecular formula is C12H9FN4O2S. The van der Waals surface area contributed by atoms with E-state index in [1.165, 1.54) is 18.2 Å². The van der Waals surface area contributed by atoms with Crippen LogP contribution in [-0.2, 0) is 10.0 Å². The molecule has 0 unspecified atom stereocenters. The number of nitrogens with two attached hydrogens (primary N) is 1. The zero-order valence-corrected chi connectivity index (χ0v) is 10.9. The number of sulfonamides is 1. The molecule has 0 amide bonds. The van der Waals surface area contributed by atoms with Gasteiger partial charge in [-0.3, -0.25) is 9.71 Å². The van der Waals surface area contributed by atoms with E-state index in [1.54, 1.807) is 0 Å². The zero-order chi connectivity index (χ0) is 14.8. The fraction of sp³-hybridized carbons (Fsp3) is 0. The van der Waals surface area contributed by atoms with Crippen molar-refractivity contribution in [3.8, 4) is 6.07 Å². The van der Waals surface area contributed by atoms with Gasteiger partial charge in [-0.15, -0.1) is 0 Å². The van der Waals surface area contributed by atoms with Crippen molar-refractivity contribution in [2.24, 2.45) is 0 Å². The van der Waals surface area contributed by atoms with Gasteiger partial charge in [0.25, 0.3) is 10.0 Å². The summed E-state index contributed by atoms with van der Waals surface area (Å²) >= 11 is 0. The highest BCUT2D eigenvalue weighted by molar-refractivity contribution is 7.92. The number of hydrogen-bond donors (Lipinski definition) is 2. The maximum atomic E-state index is 13.0. The smallest absolute Gasteiger partial charge is 0.263 e. The minimum atomic E-state index is -3.99. The van der Waals surface area contributed by atoms with Gasteiger partial charge in [0.05, 0.1) is 29.2 Å². The Balaban J connectivity index is 2.36. The van der Waals surface area contributed by atoms with E-state index in [4.69, 9.17) is 11.0 Å². The summed E-state index contributed by atoms with van der Waals surface area (Å²) in [6, 6.07) is 6.83. The highest BCUT2D eigenvalue weighted by Gasteiger charge is 2.16. The molecule has 0 bridgehead atoms. The fourth-order valence-electron chi connectivity index (χ4n) is 1.47. The lowest BCUT2D eigenvalue weighted by Gasteiger charge is -2.10. The number of nitrogens with zero attached hydrogens (tertiary/aromatic N) is 2. The first kappa shape index (κ1) is 13.8. The predicted octanol–water partition coefficient (Wildman–Crippen LogP) is 1.48. The van der Waals surface area contributed by atoms with Crippen LogP contribution in [0.5, 0.6) is 0 Å². The SMILES string of the molecule is N#Cc1ccc(NS(=O)(=O)c2cncc(F)c2)c(N)c1. The lowest BCUT2D eigenvalue weighted by Crippen LogP contribution is -2.14. The minimum Gasteiger partial charge on any atom is -0.397 e. The third kappa shape index (κ3) is 2.84. The van der Waals surface area contributed by atoms with Crippen molar-refractivity contribution in [2.75, 3.05) is 10.5 Å². The Morgan fingerprint density at radius 2 is 2.05 bits per heavy atom. The Morgan fingerprint density at radius 3 is 2.65 bits per heavy atom. The molecule has 0 spiro atoms. The molecule has 0 atom stereocenters. The summed E-state index contributed by atoms with van der Waals surface area (Å²) in [6.07, 6.45) is 1.92. The van der Waals surface area contributed by atoms with E-state index in [0.717, 1.165) is 18.5 Å². The van der Waals surface area contributed by atoms with Crippen LogP contribution in [0.3, 0.4) is 0 Å². The molecule has 2 aromatic rings. The molecule has 0 saturated carbocycles. The van der Waals surface area contributed by atoms with Crippen molar-refractivity contribution < 1.29 is 12.8 Å². The van der Waals surface area contributed by atoms with Crippen molar-refractivity contribution in [1.29, 1.82) is 5.26 Å². The summed E-state index contributed by atoms with van der Waals surface area (Å²) < 4.78 is 39.3. The Kier molecular flexibility index (Phi) is 3.54. The molecule has 2 rings (SSSR count). The number of pyridine rings is 1. The Hall–Kier alpha value is -2.66. The third-order valence-corrected chi connectivity index (χ3v) is 3.75. The van der Waals surface area contributed by atoms with Crippen molar-refractivity contribution in [1.82, 2.24) is 4.98 Å². The van der Waals surface area contributed by atoms with E-state index in [2.05, 4.69) is 9.71 Å². The van der Waals surface area contributed by atoms with Crippen LogP contribution >= 0.6 is 0 Å². The second-order valence-electron chi connectivity index (χ2n) is 3.86. The third-order valence-electron chi connectivity index (χ3n) is 2.42. The first-order valence-electron chi connectivity index (χ1n) is 5.35. The Labute approximate surface area is 114 Å². The largest absolute Gasteiger partial charge is 0.397 e. The molecule has 0 saturated heterocycles. The molecule has 1 aromatic heterocycles. The number of aromatic nitrogens is 1. The van der Waals surface area contributed by atoms with Crippen LogP contribution in [-0.4, -0.2) is 13.4 Å². The van der Waals surface area contributed by atoms with Gasteiger partial charge in [0.1, 0.15) is 10.7 Å². The van der Waals surface area contributed by atoms with Gasteiger partial charge < -0.3 is 5.73 Å². The van der Waals surface area contributed by atoms with E-state index in [0.29, 0.717) is 5.56 Å². The van der Waals surface area contributed by atoms with Crippen molar-refractivity contribution in [3.05, 3.63) is 48.0 Å². The molecule has 20 heavy (non-hydrogen) atoms. The molecule has 3 N–H and O–H groups in total. The van der Waals surface area contributed by atoms with Crippen molar-refractivity contribution in [3.63, 3.8) is 0 Å². The molecule has 0 aliphatic heterocycles. The van der Waals surface area contributed by atoms with Gasteiger partial charge in [0.2, 0.25) is 0 Å². The van der Waals surface area contributed by atoms with Crippen LogP contribution in [0.1, 0.15) is 5.56 Å². The van der Waals surface area contributed by atoms with Crippen LogP contribution < -0.4 is 10.5 Å². The summed E-state index contributed by atoms with van der Waals surface area (Å²) in [4.78, 5) is 3.16. The average molecular weight is 292 g/mol. The standard InChI is InChI=1S/C12H9FN4O2S/c13-9-4-10(7-16-6-9)20(18,19)17-12-2-1-8(5-14)3-11(12)15/h1-4,6-7,17H,15H2. The van der Waals surface area contributed by atoms with E-state index in [-0.39, 0.29) is 16.3 Å². The average Bonchev–Trinajstić information content (AvgIpc) is 2.41. The van der Waals surface area contributed by atoms with Crippen LogP contribution in [0.4, 0.5) is 15.8 Å². The molecule has 8 heteroatoms. The molecule has 0 aliphatic carbocycles. The monoisotopic (exact) mass is 292 g/mol. The molecular weight excluding hydrogens is 283 g/mol. The molecule has 102 valence electrons. The predicted molar refractivity (Wildman–Crippen MR) is 70.6 cm³/mol. The number of anilines is 2. The number of nitrogens with one attached hydrogen (secondary N) is 1. The summed E-state index contributed by atoms with van der Waals surface area (Å²) in [5.74, 6) is -0.763. The van der Waals surface area contributed by atoms with Crippen molar-refractivity contribution in [2.45, 2.75) is 4.90 Å². The highest BCUT2D eigenvalue weighted by atomic mass is 32.2. The van der Waals surface area contributed by atoms with Gasteiger partial charge in [-0.2, -0.15) is 5.26 Å². The van der Waals surface area contributed by atoms with Gasteiger partial charge in [-0.1, -0.05) is 0 Å². The normalized spacial score (nSPS) is 10.8. The summed E-state index contributed by atoms with van der Waals surface area (Å²) in [6.45, 7) is 0.